The third-order valence-corrected chi connectivity index (χ3v) is 7.16. The lowest BCUT2D eigenvalue weighted by Crippen LogP contribution is -2.54. The predicted molar refractivity (Wildman–Crippen MR) is 116 cm³/mol. The lowest BCUT2D eigenvalue weighted by atomic mass is 9.77. The van der Waals surface area contributed by atoms with Gasteiger partial charge < -0.3 is 15.1 Å². The Hall–Kier alpha value is -2.64. The maximum Gasteiger partial charge on any atom is 0.251 e. The fourth-order valence-corrected chi connectivity index (χ4v) is 5.87. The Morgan fingerprint density at radius 1 is 1.13 bits per heavy atom. The van der Waals surface area contributed by atoms with Gasteiger partial charge in [0.1, 0.15) is 11.8 Å². The van der Waals surface area contributed by atoms with Gasteiger partial charge in [-0.15, -0.1) is 0 Å². The lowest BCUT2D eigenvalue weighted by molar-refractivity contribution is -0.140. The van der Waals surface area contributed by atoms with Gasteiger partial charge in [0.15, 0.2) is 0 Å². The molecule has 3 aliphatic heterocycles. The first-order valence-electron chi connectivity index (χ1n) is 11.2. The number of phenolic OH excluding ortho intramolecular Hbond substituents is 1. The minimum absolute atomic E-state index is 0.0336. The van der Waals surface area contributed by atoms with Gasteiger partial charge in [-0.2, -0.15) is 0 Å². The standard InChI is InChI=1S/C24H29N3O4/c28-15-19-5-3-9-26(19)24(31)23-18-11-17(21-7-2-8-22(30)27(21)23)13-25(14-18)12-16-4-1-6-20(29)10-16/h1-2,4,6-8,10,17-19,23,28-29H,3,5,9,11-15H2/t17-,18+,19-,23-/m1/s1. The van der Waals surface area contributed by atoms with Crippen molar-refractivity contribution in [1.82, 2.24) is 14.4 Å². The van der Waals surface area contributed by atoms with Crippen molar-refractivity contribution in [2.24, 2.45) is 5.92 Å². The quantitative estimate of drug-likeness (QED) is 0.782. The third-order valence-electron chi connectivity index (χ3n) is 7.16. The number of aromatic nitrogens is 1. The van der Waals surface area contributed by atoms with Crippen LogP contribution in [-0.4, -0.2) is 62.8 Å². The predicted octanol–water partition coefficient (Wildman–Crippen LogP) is 1.70. The summed E-state index contributed by atoms with van der Waals surface area (Å²) in [5, 5.41) is 19.6. The molecule has 1 aromatic heterocycles. The van der Waals surface area contributed by atoms with Crippen LogP contribution in [0, 0.1) is 5.92 Å². The molecule has 4 atom stereocenters. The fraction of sp³-hybridized carbons (Fsp3) is 0.500. The zero-order chi connectivity index (χ0) is 21.5. The summed E-state index contributed by atoms with van der Waals surface area (Å²) < 4.78 is 1.74. The number of rotatable bonds is 4. The number of amides is 1. The van der Waals surface area contributed by atoms with Gasteiger partial charge in [-0.05, 0) is 43.0 Å². The SMILES string of the molecule is O=C([C@H]1[C@H]2C[C@H](CN(Cc3cccc(O)c3)C2)c2cccc(=O)n21)N1CCC[C@@H]1CO. The van der Waals surface area contributed by atoms with Crippen molar-refractivity contribution in [3.8, 4) is 5.75 Å². The average Bonchev–Trinajstić information content (AvgIpc) is 3.23. The van der Waals surface area contributed by atoms with E-state index in [1.165, 1.54) is 0 Å². The molecule has 2 bridgehead atoms. The van der Waals surface area contributed by atoms with Crippen LogP contribution >= 0.6 is 0 Å². The highest BCUT2D eigenvalue weighted by Crippen LogP contribution is 2.42. The number of carbonyl (C=O) groups is 1. The Morgan fingerprint density at radius 3 is 2.77 bits per heavy atom. The van der Waals surface area contributed by atoms with Crippen LogP contribution in [0.1, 0.15) is 42.5 Å². The van der Waals surface area contributed by atoms with E-state index in [0.29, 0.717) is 13.1 Å². The number of aliphatic hydroxyl groups is 1. The number of benzene rings is 1. The van der Waals surface area contributed by atoms with E-state index in [9.17, 15) is 19.8 Å². The molecular formula is C24H29N3O4. The van der Waals surface area contributed by atoms with Gasteiger partial charge in [0, 0.05) is 49.8 Å². The molecule has 1 aromatic carbocycles. The molecule has 0 radical (unpaired) electrons. The van der Waals surface area contributed by atoms with E-state index < -0.39 is 6.04 Å². The third kappa shape index (κ3) is 3.66. The van der Waals surface area contributed by atoms with Crippen LogP contribution in [0.3, 0.4) is 0 Å². The van der Waals surface area contributed by atoms with Crippen molar-refractivity contribution in [3.63, 3.8) is 0 Å². The fourth-order valence-electron chi connectivity index (χ4n) is 5.87. The van der Waals surface area contributed by atoms with Crippen LogP contribution in [0.4, 0.5) is 0 Å². The number of carbonyl (C=O) groups excluding carboxylic acids is 1. The van der Waals surface area contributed by atoms with E-state index in [1.54, 1.807) is 33.7 Å². The molecule has 1 amide bonds. The van der Waals surface area contributed by atoms with Crippen LogP contribution in [-0.2, 0) is 11.3 Å². The topological polar surface area (TPSA) is 86.0 Å². The Kier molecular flexibility index (Phi) is 5.32. The van der Waals surface area contributed by atoms with Crippen LogP contribution in [0.5, 0.6) is 5.75 Å². The number of fused-ring (bicyclic) bond motifs is 4. The van der Waals surface area contributed by atoms with Gasteiger partial charge in [0.25, 0.3) is 5.56 Å². The molecule has 5 rings (SSSR count). The van der Waals surface area contributed by atoms with Gasteiger partial charge in [-0.1, -0.05) is 18.2 Å². The van der Waals surface area contributed by atoms with Gasteiger partial charge in [-0.3, -0.25) is 19.1 Å². The van der Waals surface area contributed by atoms with Crippen molar-refractivity contribution in [3.05, 3.63) is 64.1 Å². The first kappa shape index (κ1) is 20.3. The van der Waals surface area contributed by atoms with E-state index in [2.05, 4.69) is 4.90 Å². The maximum absolute atomic E-state index is 13.7. The van der Waals surface area contributed by atoms with Crippen molar-refractivity contribution in [2.45, 2.75) is 43.8 Å². The second-order valence-electron chi connectivity index (χ2n) is 9.17. The summed E-state index contributed by atoms with van der Waals surface area (Å²) >= 11 is 0. The Labute approximate surface area is 181 Å². The van der Waals surface area contributed by atoms with E-state index >= 15 is 0 Å². The number of aliphatic hydroxyl groups excluding tert-OH is 1. The first-order valence-corrected chi connectivity index (χ1v) is 11.2. The van der Waals surface area contributed by atoms with Gasteiger partial charge in [0.2, 0.25) is 5.91 Å². The van der Waals surface area contributed by atoms with Crippen molar-refractivity contribution in [2.75, 3.05) is 26.2 Å². The Morgan fingerprint density at radius 2 is 1.97 bits per heavy atom. The minimum atomic E-state index is -0.529. The van der Waals surface area contributed by atoms with E-state index in [4.69, 9.17) is 0 Å². The second kappa shape index (κ2) is 8.13. The van der Waals surface area contributed by atoms with Crippen LogP contribution < -0.4 is 5.56 Å². The summed E-state index contributed by atoms with van der Waals surface area (Å²) in [5.41, 5.74) is 1.85. The molecule has 2 saturated heterocycles. The highest BCUT2D eigenvalue weighted by atomic mass is 16.3. The van der Waals surface area contributed by atoms with Gasteiger partial charge in [0.05, 0.1) is 12.6 Å². The van der Waals surface area contributed by atoms with Crippen molar-refractivity contribution < 1.29 is 15.0 Å². The van der Waals surface area contributed by atoms with E-state index in [1.807, 2.05) is 18.2 Å². The lowest BCUT2D eigenvalue weighted by Gasteiger charge is -2.47. The van der Waals surface area contributed by atoms with Gasteiger partial charge >= 0.3 is 0 Å². The van der Waals surface area contributed by atoms with Crippen LogP contribution in [0.2, 0.25) is 0 Å². The van der Waals surface area contributed by atoms with E-state index in [0.717, 1.165) is 43.6 Å². The maximum atomic E-state index is 13.7. The molecule has 0 unspecified atom stereocenters. The number of nitrogens with zero attached hydrogens (tertiary/aromatic N) is 3. The van der Waals surface area contributed by atoms with Gasteiger partial charge in [-0.25, -0.2) is 0 Å². The van der Waals surface area contributed by atoms with Crippen LogP contribution in [0.15, 0.2) is 47.3 Å². The molecule has 2 aromatic rings. The number of phenols is 1. The number of aromatic hydroxyl groups is 1. The zero-order valence-electron chi connectivity index (χ0n) is 17.6. The zero-order valence-corrected chi connectivity index (χ0v) is 17.6. The number of piperidine rings is 1. The largest absolute Gasteiger partial charge is 0.508 e. The normalized spacial score (nSPS) is 27.8. The number of pyridine rings is 1. The highest BCUT2D eigenvalue weighted by molar-refractivity contribution is 5.82. The molecular weight excluding hydrogens is 394 g/mol. The smallest absolute Gasteiger partial charge is 0.251 e. The minimum Gasteiger partial charge on any atom is -0.508 e. The molecule has 4 heterocycles. The summed E-state index contributed by atoms with van der Waals surface area (Å²) in [6, 6.07) is 11.9. The molecule has 0 aliphatic carbocycles. The molecule has 7 heteroatoms. The Bertz CT molecular complexity index is 1040. The summed E-state index contributed by atoms with van der Waals surface area (Å²) in [6.07, 6.45) is 2.58. The van der Waals surface area contributed by atoms with Crippen molar-refractivity contribution >= 4 is 5.91 Å². The molecule has 2 N–H and O–H groups in total. The molecule has 31 heavy (non-hydrogen) atoms. The summed E-state index contributed by atoms with van der Waals surface area (Å²) in [4.78, 5) is 30.7. The molecule has 164 valence electrons. The van der Waals surface area contributed by atoms with Crippen LogP contribution in [0.25, 0.3) is 0 Å². The molecule has 0 saturated carbocycles. The molecule has 2 fully saturated rings. The Balaban J connectivity index is 1.48. The molecule has 7 nitrogen and oxygen atoms in total. The summed E-state index contributed by atoms with van der Waals surface area (Å²) in [6.45, 7) is 2.84. The number of likely N-dealkylation sites (tertiary alicyclic amines) is 2. The van der Waals surface area contributed by atoms with Crippen molar-refractivity contribution in [1.29, 1.82) is 0 Å². The summed E-state index contributed by atoms with van der Waals surface area (Å²) in [7, 11) is 0. The molecule has 3 aliphatic rings. The molecule has 0 spiro atoms. The first-order chi connectivity index (χ1) is 15.0. The second-order valence-corrected chi connectivity index (χ2v) is 9.17. The number of hydrogen-bond donors (Lipinski definition) is 2. The van der Waals surface area contributed by atoms with E-state index in [-0.39, 0.29) is 41.7 Å². The summed E-state index contributed by atoms with van der Waals surface area (Å²) in [5.74, 6) is 0.454. The average molecular weight is 424 g/mol. The highest BCUT2D eigenvalue weighted by Gasteiger charge is 2.46. The number of hydrogen-bond acceptors (Lipinski definition) is 5. The monoisotopic (exact) mass is 423 g/mol.